The number of amides is 1. The minimum absolute atomic E-state index is 0.0733. The molecule has 11 heteroatoms. The Morgan fingerprint density at radius 2 is 2.06 bits per heavy atom. The van der Waals surface area contributed by atoms with Crippen molar-refractivity contribution in [3.63, 3.8) is 0 Å². The van der Waals surface area contributed by atoms with Crippen molar-refractivity contribution in [2.45, 2.75) is 38.8 Å². The highest BCUT2D eigenvalue weighted by Crippen LogP contribution is 2.26. The number of carbonyl (C=O) groups is 1. The second-order valence-corrected chi connectivity index (χ2v) is 8.79. The fraction of sp³-hybridized carbons (Fsp3) is 0.292. The van der Waals surface area contributed by atoms with Crippen LogP contribution >= 0.6 is 0 Å². The van der Waals surface area contributed by atoms with Crippen LogP contribution in [0, 0.1) is 0 Å². The lowest BCUT2D eigenvalue weighted by Crippen LogP contribution is -2.43. The number of H-pyrrole nitrogens is 1. The summed E-state index contributed by atoms with van der Waals surface area (Å²) in [5.74, 6) is 1.54. The van der Waals surface area contributed by atoms with Gasteiger partial charge in [0.1, 0.15) is 11.9 Å². The molecule has 0 saturated heterocycles. The number of aliphatic hydroxyl groups is 1. The number of hydrogen-bond acceptors (Lipinski definition) is 9. The zero-order valence-electron chi connectivity index (χ0n) is 19.6. The minimum Gasteiger partial charge on any atom is -0.443 e. The van der Waals surface area contributed by atoms with Crippen molar-refractivity contribution in [2.24, 2.45) is 0 Å². The number of nitrogens with one attached hydrogen (secondary N) is 2. The topological polar surface area (TPSA) is 148 Å². The molecule has 3 heterocycles. The third-order valence-electron chi connectivity index (χ3n) is 4.69. The third kappa shape index (κ3) is 6.64. The molecule has 1 amide bonds. The minimum atomic E-state index is -0.823. The Morgan fingerprint density at radius 3 is 2.74 bits per heavy atom. The number of aromatic amines is 1. The molecular weight excluding hydrogens is 452 g/mol. The van der Waals surface area contributed by atoms with E-state index in [0.29, 0.717) is 23.0 Å². The Labute approximate surface area is 201 Å². The van der Waals surface area contributed by atoms with Crippen molar-refractivity contribution in [3.05, 3.63) is 60.7 Å². The van der Waals surface area contributed by atoms with Crippen molar-refractivity contribution in [1.29, 1.82) is 0 Å². The summed E-state index contributed by atoms with van der Waals surface area (Å²) in [5.41, 5.74) is 1.96. The van der Waals surface area contributed by atoms with Gasteiger partial charge in [0.05, 0.1) is 18.7 Å². The van der Waals surface area contributed by atoms with Gasteiger partial charge in [-0.15, -0.1) is 0 Å². The van der Waals surface area contributed by atoms with Crippen molar-refractivity contribution in [3.8, 4) is 34.3 Å². The third-order valence-corrected chi connectivity index (χ3v) is 4.69. The van der Waals surface area contributed by atoms with Gasteiger partial charge >= 0.3 is 6.09 Å². The quantitative estimate of drug-likeness (QED) is 0.344. The van der Waals surface area contributed by atoms with Gasteiger partial charge in [0.2, 0.25) is 17.6 Å². The van der Waals surface area contributed by atoms with Crippen molar-refractivity contribution < 1.29 is 23.9 Å². The number of aliphatic hydroxyl groups excluding tert-OH is 1. The number of nitrogens with zero attached hydrogens (tertiary/aromatic N) is 4. The van der Waals surface area contributed by atoms with Gasteiger partial charge in [0.25, 0.3) is 0 Å². The predicted molar refractivity (Wildman–Crippen MR) is 126 cm³/mol. The Balaban J connectivity index is 1.40. The Bertz CT molecular complexity index is 1250. The highest BCUT2D eigenvalue weighted by Gasteiger charge is 2.21. The van der Waals surface area contributed by atoms with Crippen LogP contribution in [0.3, 0.4) is 0 Å². The van der Waals surface area contributed by atoms with E-state index in [0.717, 1.165) is 11.3 Å². The lowest BCUT2D eigenvalue weighted by Gasteiger charge is -2.22. The van der Waals surface area contributed by atoms with Crippen LogP contribution in [0.25, 0.3) is 22.6 Å². The van der Waals surface area contributed by atoms with Crippen LogP contribution in [-0.4, -0.2) is 54.8 Å². The second kappa shape index (κ2) is 10.3. The van der Waals surface area contributed by atoms with E-state index in [1.807, 2.05) is 39.0 Å². The molecule has 0 aliphatic rings. The molecule has 1 atom stereocenters. The maximum atomic E-state index is 12.0. The molecule has 0 bridgehead atoms. The summed E-state index contributed by atoms with van der Waals surface area (Å²) >= 11 is 0. The molecule has 0 saturated carbocycles. The predicted octanol–water partition coefficient (Wildman–Crippen LogP) is 3.74. The first-order chi connectivity index (χ1) is 16.8. The van der Waals surface area contributed by atoms with E-state index in [-0.39, 0.29) is 18.9 Å². The van der Waals surface area contributed by atoms with E-state index in [1.165, 1.54) is 0 Å². The molecule has 182 valence electrons. The fourth-order valence-corrected chi connectivity index (χ4v) is 3.12. The molecular formula is C24H26N6O5. The maximum Gasteiger partial charge on any atom is 0.407 e. The van der Waals surface area contributed by atoms with Crippen LogP contribution in [0.15, 0.2) is 59.4 Å². The van der Waals surface area contributed by atoms with Gasteiger partial charge in [0, 0.05) is 35.1 Å². The van der Waals surface area contributed by atoms with Crippen LogP contribution in [0.5, 0.6) is 11.6 Å². The molecule has 3 N–H and O–H groups in total. The van der Waals surface area contributed by atoms with Crippen LogP contribution in [0.4, 0.5) is 4.79 Å². The molecule has 11 nitrogen and oxygen atoms in total. The van der Waals surface area contributed by atoms with Crippen molar-refractivity contribution >= 4 is 6.09 Å². The van der Waals surface area contributed by atoms with Crippen LogP contribution in [-0.2, 0) is 11.2 Å². The number of rotatable bonds is 8. The number of ether oxygens (including phenoxy) is 2. The average molecular weight is 479 g/mol. The van der Waals surface area contributed by atoms with E-state index in [1.54, 1.807) is 36.7 Å². The Kier molecular flexibility index (Phi) is 7.06. The number of benzene rings is 1. The Hall–Kier alpha value is -4.25. The normalized spacial score (nSPS) is 12.2. The number of alkyl carbamates (subject to hydrolysis) is 1. The maximum absolute atomic E-state index is 12.0. The van der Waals surface area contributed by atoms with E-state index in [9.17, 15) is 9.90 Å². The van der Waals surface area contributed by atoms with Gasteiger partial charge in [-0.05, 0) is 45.0 Å². The van der Waals surface area contributed by atoms with Gasteiger partial charge < -0.3 is 24.4 Å². The van der Waals surface area contributed by atoms with E-state index >= 15 is 0 Å². The largest absolute Gasteiger partial charge is 0.443 e. The second-order valence-electron chi connectivity index (χ2n) is 8.79. The summed E-state index contributed by atoms with van der Waals surface area (Å²) in [5, 5.41) is 23.1. The van der Waals surface area contributed by atoms with Crippen molar-refractivity contribution in [2.75, 3.05) is 6.61 Å². The van der Waals surface area contributed by atoms with Gasteiger partial charge in [-0.25, -0.2) is 9.78 Å². The smallest absolute Gasteiger partial charge is 0.407 e. The SMILES string of the molecule is CC(C)(C)NC(=O)O[C@H](CO)Cc1nc(-c2cccc(Oc3ccc(-c4ccn[nH]4)cn3)c2)no1. The van der Waals surface area contributed by atoms with Gasteiger partial charge in [-0.3, -0.25) is 5.10 Å². The summed E-state index contributed by atoms with van der Waals surface area (Å²) in [6.45, 7) is 5.11. The summed E-state index contributed by atoms with van der Waals surface area (Å²) in [7, 11) is 0. The lowest BCUT2D eigenvalue weighted by molar-refractivity contribution is 0.0496. The number of carbonyl (C=O) groups excluding carboxylic acids is 1. The van der Waals surface area contributed by atoms with Crippen LogP contribution < -0.4 is 10.1 Å². The molecule has 0 aliphatic carbocycles. The standard InChI is InChI=1S/C24H26N6O5/c1-24(2,3)28-23(32)34-18(14-31)12-21-27-22(30-35-21)15-5-4-6-17(11-15)33-20-8-7-16(13-25-20)19-9-10-26-29-19/h4-11,13,18,31H,12,14H2,1-3H3,(H,26,29)(H,28,32)/t18-/m0/s1. The fourth-order valence-electron chi connectivity index (χ4n) is 3.12. The van der Waals surface area contributed by atoms with Gasteiger partial charge in [0.15, 0.2) is 0 Å². The van der Waals surface area contributed by atoms with E-state index in [4.69, 9.17) is 14.0 Å². The zero-order chi connectivity index (χ0) is 24.8. The molecule has 35 heavy (non-hydrogen) atoms. The number of hydrogen-bond donors (Lipinski definition) is 3. The molecule has 4 rings (SSSR count). The van der Waals surface area contributed by atoms with Crippen molar-refractivity contribution in [1.82, 2.24) is 30.6 Å². The summed E-state index contributed by atoms with van der Waals surface area (Å²) < 4.78 is 16.4. The number of pyridine rings is 1. The molecule has 0 radical (unpaired) electrons. The first-order valence-electron chi connectivity index (χ1n) is 11.0. The molecule has 0 aliphatic heterocycles. The summed E-state index contributed by atoms with van der Waals surface area (Å²) in [6.07, 6.45) is 1.99. The van der Waals surface area contributed by atoms with Gasteiger partial charge in [-0.2, -0.15) is 10.1 Å². The first kappa shape index (κ1) is 23.9. The van der Waals surface area contributed by atoms with E-state index < -0.39 is 17.7 Å². The van der Waals surface area contributed by atoms with Crippen LogP contribution in [0.2, 0.25) is 0 Å². The summed E-state index contributed by atoms with van der Waals surface area (Å²) in [6, 6.07) is 12.7. The molecule has 0 fully saturated rings. The molecule has 3 aromatic heterocycles. The lowest BCUT2D eigenvalue weighted by atomic mass is 10.1. The number of aromatic nitrogens is 5. The monoisotopic (exact) mass is 478 g/mol. The molecule has 1 aromatic carbocycles. The van der Waals surface area contributed by atoms with E-state index in [2.05, 4.69) is 30.6 Å². The molecule has 0 spiro atoms. The Morgan fingerprint density at radius 1 is 1.20 bits per heavy atom. The molecule has 4 aromatic rings. The molecule has 0 unspecified atom stereocenters. The highest BCUT2D eigenvalue weighted by atomic mass is 16.6. The zero-order valence-corrected chi connectivity index (χ0v) is 19.6. The first-order valence-corrected chi connectivity index (χ1v) is 11.0. The summed E-state index contributed by atoms with van der Waals surface area (Å²) in [4.78, 5) is 20.7. The van der Waals surface area contributed by atoms with Gasteiger partial charge in [-0.1, -0.05) is 17.3 Å². The highest BCUT2D eigenvalue weighted by molar-refractivity contribution is 5.68. The average Bonchev–Trinajstić information content (AvgIpc) is 3.51. The van der Waals surface area contributed by atoms with Crippen LogP contribution in [0.1, 0.15) is 26.7 Å².